The molecule has 0 amide bonds. The summed E-state index contributed by atoms with van der Waals surface area (Å²) in [5.74, 6) is -5.61. The predicted octanol–water partition coefficient (Wildman–Crippen LogP) is 4.02. The minimum absolute atomic E-state index is 0.171. The Bertz CT molecular complexity index is 438. The number of anilines is 1. The maximum Gasteiger partial charge on any atom is 0.253 e. The summed E-state index contributed by atoms with van der Waals surface area (Å²) >= 11 is 0. The van der Waals surface area contributed by atoms with Crippen LogP contribution in [0, 0.1) is 29.4 Å². The van der Waals surface area contributed by atoms with E-state index in [2.05, 4.69) is 17.2 Å². The van der Waals surface area contributed by atoms with Crippen LogP contribution < -0.4 is 5.32 Å². The molecule has 2 rings (SSSR count). The SMILES string of the molecule is CC1CCCC(Nc2c(F)c(F)nc(F)c2F)CC1. The minimum atomic E-state index is -1.62. The highest BCUT2D eigenvalue weighted by Crippen LogP contribution is 2.28. The van der Waals surface area contributed by atoms with E-state index in [1.165, 1.54) is 0 Å². The molecule has 2 atom stereocenters. The Hall–Kier alpha value is -1.33. The Balaban J connectivity index is 2.18. The number of nitrogens with zero attached hydrogens (tertiary/aromatic N) is 1. The number of halogens is 4. The third-order valence-corrected chi connectivity index (χ3v) is 3.60. The van der Waals surface area contributed by atoms with Crippen LogP contribution in [0.2, 0.25) is 0 Å². The third kappa shape index (κ3) is 3.16. The second-order valence-corrected chi connectivity index (χ2v) is 5.15. The van der Waals surface area contributed by atoms with Crippen LogP contribution in [0.1, 0.15) is 39.0 Å². The van der Waals surface area contributed by atoms with E-state index in [9.17, 15) is 17.6 Å². The Kier molecular flexibility index (Phi) is 4.27. The molecular formula is C13H16F4N2. The van der Waals surface area contributed by atoms with Gasteiger partial charge >= 0.3 is 0 Å². The zero-order chi connectivity index (χ0) is 14.0. The smallest absolute Gasteiger partial charge is 0.253 e. The van der Waals surface area contributed by atoms with Gasteiger partial charge in [-0.2, -0.15) is 22.5 Å². The number of nitrogens with one attached hydrogen (secondary N) is 1. The summed E-state index contributed by atoms with van der Waals surface area (Å²) in [6, 6.07) is -0.171. The monoisotopic (exact) mass is 276 g/mol. The molecule has 0 saturated heterocycles. The van der Waals surface area contributed by atoms with Gasteiger partial charge in [0, 0.05) is 6.04 Å². The largest absolute Gasteiger partial charge is 0.377 e. The van der Waals surface area contributed by atoms with Gasteiger partial charge in [0.2, 0.25) is 11.6 Å². The van der Waals surface area contributed by atoms with E-state index in [1.54, 1.807) is 0 Å². The Morgan fingerprint density at radius 2 is 1.58 bits per heavy atom. The van der Waals surface area contributed by atoms with Gasteiger partial charge < -0.3 is 5.32 Å². The van der Waals surface area contributed by atoms with Crippen LogP contribution in [0.3, 0.4) is 0 Å². The average Bonchev–Trinajstić information content (AvgIpc) is 2.57. The van der Waals surface area contributed by atoms with Gasteiger partial charge in [-0.25, -0.2) is 0 Å². The molecule has 1 aromatic heterocycles. The summed E-state index contributed by atoms with van der Waals surface area (Å²) in [6.45, 7) is 2.12. The molecule has 1 heterocycles. The lowest BCUT2D eigenvalue weighted by Gasteiger charge is -2.18. The van der Waals surface area contributed by atoms with E-state index in [-0.39, 0.29) is 6.04 Å². The Morgan fingerprint density at radius 3 is 2.21 bits per heavy atom. The van der Waals surface area contributed by atoms with Crippen molar-refractivity contribution >= 4 is 5.69 Å². The van der Waals surface area contributed by atoms with Crippen LogP contribution in [0.5, 0.6) is 0 Å². The van der Waals surface area contributed by atoms with Crippen LogP contribution in [-0.4, -0.2) is 11.0 Å². The lowest BCUT2D eigenvalue weighted by atomic mass is 10.0. The van der Waals surface area contributed by atoms with E-state index >= 15 is 0 Å². The molecule has 2 nitrogen and oxygen atoms in total. The van der Waals surface area contributed by atoms with Gasteiger partial charge in [0.05, 0.1) is 0 Å². The normalized spacial score (nSPS) is 24.1. The van der Waals surface area contributed by atoms with E-state index in [0.717, 1.165) is 32.1 Å². The molecule has 2 unspecified atom stereocenters. The van der Waals surface area contributed by atoms with Crippen LogP contribution in [0.25, 0.3) is 0 Å². The number of pyridine rings is 1. The first-order valence-corrected chi connectivity index (χ1v) is 6.45. The summed E-state index contributed by atoms with van der Waals surface area (Å²) in [4.78, 5) is 2.53. The average molecular weight is 276 g/mol. The molecule has 6 heteroatoms. The lowest BCUT2D eigenvalue weighted by molar-refractivity contribution is 0.408. The van der Waals surface area contributed by atoms with E-state index in [1.807, 2.05) is 0 Å². The maximum absolute atomic E-state index is 13.5. The number of hydrogen-bond acceptors (Lipinski definition) is 2. The molecule has 106 valence electrons. The summed E-state index contributed by atoms with van der Waals surface area (Å²) in [5, 5.41) is 2.59. The topological polar surface area (TPSA) is 24.9 Å². The molecule has 0 aliphatic heterocycles. The summed E-state index contributed by atoms with van der Waals surface area (Å²) in [7, 11) is 0. The first kappa shape index (κ1) is 14.1. The second kappa shape index (κ2) is 5.75. The predicted molar refractivity (Wildman–Crippen MR) is 63.7 cm³/mol. The first-order chi connectivity index (χ1) is 8.99. The molecule has 1 aromatic rings. The molecule has 19 heavy (non-hydrogen) atoms. The second-order valence-electron chi connectivity index (χ2n) is 5.15. The van der Waals surface area contributed by atoms with Crippen molar-refractivity contribution in [3.63, 3.8) is 0 Å². The van der Waals surface area contributed by atoms with E-state index in [0.29, 0.717) is 5.92 Å². The minimum Gasteiger partial charge on any atom is -0.377 e. The lowest BCUT2D eigenvalue weighted by Crippen LogP contribution is -2.21. The highest BCUT2D eigenvalue weighted by molar-refractivity contribution is 5.46. The van der Waals surface area contributed by atoms with Crippen LogP contribution in [-0.2, 0) is 0 Å². The third-order valence-electron chi connectivity index (χ3n) is 3.60. The van der Waals surface area contributed by atoms with E-state index < -0.39 is 29.2 Å². The van der Waals surface area contributed by atoms with Crippen molar-refractivity contribution in [2.45, 2.75) is 45.1 Å². The van der Waals surface area contributed by atoms with Crippen LogP contribution in [0.15, 0.2) is 0 Å². The molecule has 1 aliphatic rings. The zero-order valence-electron chi connectivity index (χ0n) is 10.6. The molecule has 1 N–H and O–H groups in total. The van der Waals surface area contributed by atoms with Crippen molar-refractivity contribution in [2.75, 3.05) is 5.32 Å². The molecule has 0 radical (unpaired) electrons. The van der Waals surface area contributed by atoms with Gasteiger partial charge in [-0.05, 0) is 25.2 Å². The molecule has 0 bridgehead atoms. The molecule has 1 fully saturated rings. The van der Waals surface area contributed by atoms with E-state index in [4.69, 9.17) is 0 Å². The van der Waals surface area contributed by atoms with Crippen molar-refractivity contribution < 1.29 is 17.6 Å². The standard InChI is InChI=1S/C13H16F4N2/c1-7-3-2-4-8(6-5-7)18-11-9(14)12(16)19-13(17)10(11)15/h7-8H,2-6H2,1H3,(H,18,19). The fourth-order valence-electron chi connectivity index (χ4n) is 2.45. The highest BCUT2D eigenvalue weighted by atomic mass is 19.2. The summed E-state index contributed by atoms with van der Waals surface area (Å²) in [5.41, 5.74) is -0.746. The fraction of sp³-hybridized carbons (Fsp3) is 0.615. The van der Waals surface area contributed by atoms with Gasteiger partial charge in [0.1, 0.15) is 5.69 Å². The molecule has 0 aromatic carbocycles. The van der Waals surface area contributed by atoms with Crippen molar-refractivity contribution in [1.29, 1.82) is 0 Å². The number of rotatable bonds is 2. The van der Waals surface area contributed by atoms with Gasteiger partial charge in [0.25, 0.3) is 11.9 Å². The number of hydrogen-bond donors (Lipinski definition) is 1. The van der Waals surface area contributed by atoms with Crippen molar-refractivity contribution in [2.24, 2.45) is 5.92 Å². The van der Waals surface area contributed by atoms with Crippen molar-refractivity contribution in [3.8, 4) is 0 Å². The zero-order valence-corrected chi connectivity index (χ0v) is 10.6. The Labute approximate surface area is 109 Å². The first-order valence-electron chi connectivity index (χ1n) is 6.45. The molecule has 1 aliphatic carbocycles. The van der Waals surface area contributed by atoms with Crippen molar-refractivity contribution in [1.82, 2.24) is 4.98 Å². The van der Waals surface area contributed by atoms with Gasteiger partial charge in [0.15, 0.2) is 0 Å². The van der Waals surface area contributed by atoms with Gasteiger partial charge in [-0.3, -0.25) is 0 Å². The van der Waals surface area contributed by atoms with Crippen LogP contribution in [0.4, 0.5) is 23.2 Å². The highest BCUT2D eigenvalue weighted by Gasteiger charge is 2.24. The molecule has 1 saturated carbocycles. The Morgan fingerprint density at radius 1 is 0.947 bits per heavy atom. The fourth-order valence-corrected chi connectivity index (χ4v) is 2.45. The summed E-state index contributed by atoms with van der Waals surface area (Å²) in [6.07, 6.45) is 4.37. The quantitative estimate of drug-likeness (QED) is 0.501. The van der Waals surface area contributed by atoms with Crippen LogP contribution >= 0.6 is 0 Å². The molecular weight excluding hydrogens is 260 g/mol. The van der Waals surface area contributed by atoms with Gasteiger partial charge in [-0.15, -0.1) is 0 Å². The van der Waals surface area contributed by atoms with Crippen molar-refractivity contribution in [3.05, 3.63) is 23.5 Å². The molecule has 0 spiro atoms. The number of aromatic nitrogens is 1. The summed E-state index contributed by atoms with van der Waals surface area (Å²) < 4.78 is 52.9. The maximum atomic E-state index is 13.5. The van der Waals surface area contributed by atoms with Gasteiger partial charge in [-0.1, -0.05) is 19.8 Å².